The Morgan fingerprint density at radius 1 is 1.52 bits per heavy atom. The van der Waals surface area contributed by atoms with Crippen LogP contribution in [0.25, 0.3) is 0 Å². The van der Waals surface area contributed by atoms with Crippen molar-refractivity contribution in [2.75, 3.05) is 13.1 Å². The highest BCUT2D eigenvalue weighted by molar-refractivity contribution is 5.81. The van der Waals surface area contributed by atoms with E-state index in [1.807, 2.05) is 0 Å². The molecule has 1 aliphatic heterocycles. The first-order valence-electron chi connectivity index (χ1n) is 7.04. The molecular formula is C14H19N3O4. The summed E-state index contributed by atoms with van der Waals surface area (Å²) in [7, 11) is 0. The van der Waals surface area contributed by atoms with Gasteiger partial charge in [0.2, 0.25) is 5.75 Å². The van der Waals surface area contributed by atoms with Gasteiger partial charge in [0.05, 0.1) is 0 Å². The molecule has 0 unspecified atom stereocenters. The van der Waals surface area contributed by atoms with E-state index in [4.69, 9.17) is 4.74 Å². The molecule has 2 rings (SSSR count). The molecule has 1 aromatic heterocycles. The van der Waals surface area contributed by atoms with Gasteiger partial charge in [0.15, 0.2) is 6.10 Å². The van der Waals surface area contributed by atoms with E-state index < -0.39 is 11.0 Å². The number of amides is 1. The Morgan fingerprint density at radius 3 is 2.81 bits per heavy atom. The molecule has 0 aromatic carbocycles. The summed E-state index contributed by atoms with van der Waals surface area (Å²) in [6.07, 6.45) is 2.52. The number of carbonyl (C=O) groups is 1. The van der Waals surface area contributed by atoms with Crippen molar-refractivity contribution in [3.8, 4) is 5.75 Å². The Morgan fingerprint density at radius 2 is 2.19 bits per heavy atom. The quantitative estimate of drug-likeness (QED) is 0.626. The normalized spacial score (nSPS) is 17.3. The number of hydrogen-bond acceptors (Lipinski definition) is 5. The van der Waals surface area contributed by atoms with Gasteiger partial charge in [0.1, 0.15) is 6.20 Å². The molecule has 114 valence electrons. The second-order valence-electron chi connectivity index (χ2n) is 5.35. The lowest BCUT2D eigenvalue weighted by Crippen LogP contribution is -2.44. The molecule has 7 heteroatoms. The van der Waals surface area contributed by atoms with E-state index in [9.17, 15) is 14.9 Å². The predicted molar refractivity (Wildman–Crippen MR) is 76.0 cm³/mol. The van der Waals surface area contributed by atoms with E-state index in [1.54, 1.807) is 17.9 Å². The van der Waals surface area contributed by atoms with Crippen LogP contribution in [-0.2, 0) is 4.79 Å². The van der Waals surface area contributed by atoms with Crippen molar-refractivity contribution in [1.29, 1.82) is 0 Å². The smallest absolute Gasteiger partial charge is 0.406 e. The van der Waals surface area contributed by atoms with Crippen molar-refractivity contribution in [2.24, 2.45) is 5.92 Å². The summed E-state index contributed by atoms with van der Waals surface area (Å²) in [5.41, 5.74) is 0. The lowest BCUT2D eigenvalue weighted by Gasteiger charge is -2.32. The molecule has 2 heterocycles. The van der Waals surface area contributed by atoms with Crippen LogP contribution in [0.5, 0.6) is 5.75 Å². The fourth-order valence-electron chi connectivity index (χ4n) is 2.34. The average Bonchev–Trinajstić information content (AvgIpc) is 2.47. The molecule has 0 saturated carbocycles. The van der Waals surface area contributed by atoms with Crippen LogP contribution in [0.4, 0.5) is 5.82 Å². The Balaban J connectivity index is 2.02. The Hall–Kier alpha value is -2.18. The van der Waals surface area contributed by atoms with Crippen LogP contribution in [0, 0.1) is 16.0 Å². The molecule has 0 radical (unpaired) electrons. The van der Waals surface area contributed by atoms with Crippen molar-refractivity contribution in [3.05, 3.63) is 28.4 Å². The number of hydrogen-bond donors (Lipinski definition) is 0. The Bertz CT molecular complexity index is 527. The molecule has 21 heavy (non-hydrogen) atoms. The number of likely N-dealkylation sites (tertiary alicyclic amines) is 1. The molecule has 0 N–H and O–H groups in total. The summed E-state index contributed by atoms with van der Waals surface area (Å²) >= 11 is 0. The first-order valence-corrected chi connectivity index (χ1v) is 7.04. The van der Waals surface area contributed by atoms with Crippen molar-refractivity contribution in [1.82, 2.24) is 9.88 Å². The van der Waals surface area contributed by atoms with Crippen LogP contribution < -0.4 is 4.74 Å². The number of pyridine rings is 1. The van der Waals surface area contributed by atoms with Crippen molar-refractivity contribution >= 4 is 11.7 Å². The molecule has 1 aromatic rings. The maximum atomic E-state index is 12.3. The highest BCUT2D eigenvalue weighted by atomic mass is 16.6. The number of aromatic nitrogens is 1. The van der Waals surface area contributed by atoms with E-state index in [0.717, 1.165) is 12.8 Å². The molecule has 1 aliphatic rings. The van der Waals surface area contributed by atoms with Gasteiger partial charge in [-0.05, 0) is 47.7 Å². The zero-order valence-electron chi connectivity index (χ0n) is 12.2. The number of nitro groups is 1. The summed E-state index contributed by atoms with van der Waals surface area (Å²) in [5.74, 6) is 0.142. The molecular weight excluding hydrogens is 274 g/mol. The lowest BCUT2D eigenvalue weighted by atomic mass is 9.99. The first kappa shape index (κ1) is 15.2. The molecule has 0 spiro atoms. The number of rotatable bonds is 4. The van der Waals surface area contributed by atoms with Gasteiger partial charge < -0.3 is 19.8 Å². The van der Waals surface area contributed by atoms with Crippen LogP contribution in [0.1, 0.15) is 26.7 Å². The molecule has 1 fully saturated rings. The third kappa shape index (κ3) is 3.68. The van der Waals surface area contributed by atoms with E-state index >= 15 is 0 Å². The summed E-state index contributed by atoms with van der Waals surface area (Å²) in [5, 5.41) is 10.9. The third-order valence-electron chi connectivity index (χ3n) is 3.67. The largest absolute Gasteiger partial charge is 0.473 e. The molecule has 1 saturated heterocycles. The minimum absolute atomic E-state index is 0.0220. The summed E-state index contributed by atoms with van der Waals surface area (Å²) in [6.45, 7) is 5.20. The zero-order valence-corrected chi connectivity index (χ0v) is 12.2. The molecule has 0 bridgehead atoms. The SMILES string of the molecule is CC1CCN(C(=O)[C@@H](C)Oc2cccnc2[N+](=O)[O-])CC1. The topological polar surface area (TPSA) is 85.6 Å². The lowest BCUT2D eigenvalue weighted by molar-refractivity contribution is -0.390. The fourth-order valence-corrected chi connectivity index (χ4v) is 2.34. The van der Waals surface area contributed by atoms with Crippen molar-refractivity contribution in [3.63, 3.8) is 0 Å². The van der Waals surface area contributed by atoms with E-state index in [-0.39, 0.29) is 17.5 Å². The van der Waals surface area contributed by atoms with Gasteiger partial charge in [-0.2, -0.15) is 0 Å². The van der Waals surface area contributed by atoms with Gasteiger partial charge in [-0.1, -0.05) is 6.92 Å². The zero-order chi connectivity index (χ0) is 15.4. The maximum Gasteiger partial charge on any atom is 0.406 e. The summed E-state index contributed by atoms with van der Waals surface area (Å²) in [6, 6.07) is 3.00. The minimum Gasteiger partial charge on any atom is -0.473 e. The van der Waals surface area contributed by atoms with Crippen LogP contribution >= 0.6 is 0 Å². The first-order chi connectivity index (χ1) is 9.99. The molecule has 1 amide bonds. The van der Waals surface area contributed by atoms with Crippen molar-refractivity contribution < 1.29 is 14.5 Å². The number of ether oxygens (including phenoxy) is 1. The monoisotopic (exact) mass is 293 g/mol. The average molecular weight is 293 g/mol. The Kier molecular flexibility index (Phi) is 4.72. The van der Waals surface area contributed by atoms with Gasteiger partial charge >= 0.3 is 5.82 Å². The summed E-state index contributed by atoms with van der Waals surface area (Å²) in [4.78, 5) is 28.0. The highest BCUT2D eigenvalue weighted by Gasteiger charge is 2.27. The van der Waals surface area contributed by atoms with Gasteiger partial charge in [-0.25, -0.2) is 0 Å². The predicted octanol–water partition coefficient (Wildman–Crippen LogP) is 2.02. The van der Waals surface area contributed by atoms with Crippen LogP contribution in [-0.4, -0.2) is 39.9 Å². The molecule has 0 aliphatic carbocycles. The summed E-state index contributed by atoms with van der Waals surface area (Å²) < 4.78 is 5.45. The second kappa shape index (κ2) is 6.51. The molecule has 7 nitrogen and oxygen atoms in total. The van der Waals surface area contributed by atoms with E-state index in [2.05, 4.69) is 11.9 Å². The van der Waals surface area contributed by atoms with Gasteiger partial charge in [0, 0.05) is 13.1 Å². The highest BCUT2D eigenvalue weighted by Crippen LogP contribution is 2.25. The van der Waals surface area contributed by atoms with Gasteiger partial charge in [-0.15, -0.1) is 0 Å². The fraction of sp³-hybridized carbons (Fsp3) is 0.571. The third-order valence-corrected chi connectivity index (χ3v) is 3.67. The second-order valence-corrected chi connectivity index (χ2v) is 5.35. The van der Waals surface area contributed by atoms with E-state index in [0.29, 0.717) is 19.0 Å². The number of nitrogens with zero attached hydrogens (tertiary/aromatic N) is 3. The van der Waals surface area contributed by atoms with Gasteiger partial charge in [-0.3, -0.25) is 4.79 Å². The van der Waals surface area contributed by atoms with Gasteiger partial charge in [0.25, 0.3) is 5.91 Å². The van der Waals surface area contributed by atoms with Crippen LogP contribution in [0.3, 0.4) is 0 Å². The van der Waals surface area contributed by atoms with Crippen LogP contribution in [0.15, 0.2) is 18.3 Å². The van der Waals surface area contributed by atoms with Crippen molar-refractivity contribution in [2.45, 2.75) is 32.8 Å². The van der Waals surface area contributed by atoms with E-state index in [1.165, 1.54) is 12.3 Å². The number of piperidine rings is 1. The standard InChI is InChI=1S/C14H19N3O4/c1-10-5-8-16(9-6-10)14(18)11(2)21-12-4-3-7-15-13(12)17(19)20/h3-4,7,10-11H,5-6,8-9H2,1-2H3/t11-/m1/s1. The minimum atomic E-state index is -0.763. The molecule has 1 atom stereocenters. The number of carbonyl (C=O) groups excluding carboxylic acids is 1. The van der Waals surface area contributed by atoms with Crippen LogP contribution in [0.2, 0.25) is 0 Å². The maximum absolute atomic E-state index is 12.3. The Labute approximate surface area is 123 Å².